The molecule has 166 valence electrons. The van der Waals surface area contributed by atoms with Gasteiger partial charge in [-0.1, -0.05) is 12.1 Å². The van der Waals surface area contributed by atoms with Gasteiger partial charge in [0, 0.05) is 17.3 Å². The van der Waals surface area contributed by atoms with Crippen molar-refractivity contribution < 1.29 is 27.9 Å². The molecule has 0 aliphatic heterocycles. The van der Waals surface area contributed by atoms with E-state index in [0.29, 0.717) is 5.69 Å². The highest BCUT2D eigenvalue weighted by molar-refractivity contribution is 6.06. The first-order valence-corrected chi connectivity index (χ1v) is 9.78. The SMILES string of the molecule is C[C@H](NC(=O)Cc1cc(F)cc(F)c1)C(=O)c1ccccc1NCC(=O)OC(C)(C)C. The Balaban J connectivity index is 2.01. The Labute approximate surface area is 180 Å². The van der Waals surface area contributed by atoms with E-state index >= 15 is 0 Å². The Hall–Kier alpha value is -3.29. The number of hydrogen-bond acceptors (Lipinski definition) is 5. The Bertz CT molecular complexity index is 950. The number of carbonyl (C=O) groups excluding carboxylic acids is 3. The highest BCUT2D eigenvalue weighted by Crippen LogP contribution is 2.18. The summed E-state index contributed by atoms with van der Waals surface area (Å²) >= 11 is 0. The van der Waals surface area contributed by atoms with E-state index in [-0.39, 0.29) is 29.9 Å². The van der Waals surface area contributed by atoms with Gasteiger partial charge >= 0.3 is 5.97 Å². The summed E-state index contributed by atoms with van der Waals surface area (Å²) in [7, 11) is 0. The summed E-state index contributed by atoms with van der Waals surface area (Å²) in [5, 5.41) is 5.42. The lowest BCUT2D eigenvalue weighted by Crippen LogP contribution is -2.39. The number of carbonyl (C=O) groups is 3. The molecule has 0 aliphatic carbocycles. The first-order chi connectivity index (χ1) is 14.4. The number of para-hydroxylation sites is 1. The second kappa shape index (κ2) is 10.1. The Morgan fingerprint density at radius 3 is 2.26 bits per heavy atom. The van der Waals surface area contributed by atoms with Gasteiger partial charge in [0.25, 0.3) is 0 Å². The smallest absolute Gasteiger partial charge is 0.325 e. The zero-order valence-electron chi connectivity index (χ0n) is 17.9. The first-order valence-electron chi connectivity index (χ1n) is 9.78. The van der Waals surface area contributed by atoms with E-state index in [1.54, 1.807) is 45.0 Å². The van der Waals surface area contributed by atoms with Gasteiger partial charge in [-0.2, -0.15) is 0 Å². The number of hydrogen-bond donors (Lipinski definition) is 2. The van der Waals surface area contributed by atoms with Gasteiger partial charge in [0.1, 0.15) is 23.8 Å². The van der Waals surface area contributed by atoms with Crippen LogP contribution in [-0.2, 0) is 20.7 Å². The van der Waals surface area contributed by atoms with Crippen LogP contribution >= 0.6 is 0 Å². The summed E-state index contributed by atoms with van der Waals surface area (Å²) in [5.74, 6) is -2.97. The summed E-state index contributed by atoms with van der Waals surface area (Å²) in [4.78, 5) is 37.0. The highest BCUT2D eigenvalue weighted by Gasteiger charge is 2.21. The fraction of sp³-hybridized carbons (Fsp3) is 0.348. The van der Waals surface area contributed by atoms with Crippen LogP contribution in [0.4, 0.5) is 14.5 Å². The number of nitrogens with one attached hydrogen (secondary N) is 2. The molecule has 8 heteroatoms. The predicted molar refractivity (Wildman–Crippen MR) is 113 cm³/mol. The van der Waals surface area contributed by atoms with Gasteiger partial charge < -0.3 is 15.4 Å². The van der Waals surface area contributed by atoms with Crippen molar-refractivity contribution in [2.45, 2.75) is 45.8 Å². The molecular formula is C23H26F2N2O4. The second-order valence-electron chi connectivity index (χ2n) is 8.09. The van der Waals surface area contributed by atoms with E-state index in [1.807, 2.05) is 0 Å². The molecule has 0 aromatic heterocycles. The van der Waals surface area contributed by atoms with Crippen LogP contribution in [0.25, 0.3) is 0 Å². The lowest BCUT2D eigenvalue weighted by molar-refractivity contribution is -0.152. The number of anilines is 1. The van der Waals surface area contributed by atoms with Gasteiger partial charge in [-0.15, -0.1) is 0 Å². The number of Topliss-reactive ketones (excluding diaryl/α,β-unsaturated/α-hetero) is 1. The summed E-state index contributed by atoms with van der Waals surface area (Å²) in [6.45, 7) is 6.64. The summed E-state index contributed by atoms with van der Waals surface area (Å²) in [5.41, 5.74) is 0.244. The Morgan fingerprint density at radius 1 is 1.03 bits per heavy atom. The van der Waals surface area contributed by atoms with Crippen LogP contribution < -0.4 is 10.6 Å². The minimum Gasteiger partial charge on any atom is -0.459 e. The minimum absolute atomic E-state index is 0.132. The third-order valence-electron chi connectivity index (χ3n) is 4.09. The van der Waals surface area contributed by atoms with E-state index in [9.17, 15) is 23.2 Å². The number of benzene rings is 2. The van der Waals surface area contributed by atoms with E-state index in [1.165, 1.54) is 6.92 Å². The average molecular weight is 432 g/mol. The van der Waals surface area contributed by atoms with Gasteiger partial charge in [-0.3, -0.25) is 14.4 Å². The number of amides is 1. The van der Waals surface area contributed by atoms with Crippen LogP contribution in [0.2, 0.25) is 0 Å². The van der Waals surface area contributed by atoms with E-state index < -0.39 is 35.2 Å². The third-order valence-corrected chi connectivity index (χ3v) is 4.09. The fourth-order valence-electron chi connectivity index (χ4n) is 2.89. The maximum absolute atomic E-state index is 13.3. The molecule has 0 fully saturated rings. The van der Waals surface area contributed by atoms with Gasteiger partial charge in [-0.05, 0) is 57.5 Å². The quantitative estimate of drug-likeness (QED) is 0.491. The Morgan fingerprint density at radius 2 is 1.65 bits per heavy atom. The molecule has 31 heavy (non-hydrogen) atoms. The second-order valence-corrected chi connectivity index (χ2v) is 8.09. The molecule has 2 aromatic rings. The molecular weight excluding hydrogens is 406 g/mol. The Kier molecular flexibility index (Phi) is 7.85. The van der Waals surface area contributed by atoms with Crippen molar-refractivity contribution in [2.75, 3.05) is 11.9 Å². The first kappa shape index (κ1) is 24.0. The molecule has 6 nitrogen and oxygen atoms in total. The van der Waals surface area contributed by atoms with Crippen molar-refractivity contribution in [2.24, 2.45) is 0 Å². The van der Waals surface area contributed by atoms with E-state index in [4.69, 9.17) is 4.74 Å². The van der Waals surface area contributed by atoms with Crippen molar-refractivity contribution in [1.29, 1.82) is 0 Å². The van der Waals surface area contributed by atoms with Crippen molar-refractivity contribution in [3.05, 3.63) is 65.2 Å². The zero-order valence-corrected chi connectivity index (χ0v) is 17.9. The molecule has 2 aromatic carbocycles. The zero-order chi connectivity index (χ0) is 23.2. The van der Waals surface area contributed by atoms with Crippen molar-refractivity contribution >= 4 is 23.3 Å². The van der Waals surface area contributed by atoms with Gasteiger partial charge in [0.2, 0.25) is 5.91 Å². The molecule has 0 unspecified atom stereocenters. The van der Waals surface area contributed by atoms with Crippen molar-refractivity contribution in [1.82, 2.24) is 5.32 Å². The van der Waals surface area contributed by atoms with Crippen LogP contribution in [0, 0.1) is 11.6 Å². The maximum Gasteiger partial charge on any atom is 0.325 e. The molecule has 0 saturated heterocycles. The topological polar surface area (TPSA) is 84.5 Å². The molecule has 0 saturated carbocycles. The van der Waals surface area contributed by atoms with E-state index in [2.05, 4.69) is 10.6 Å². The van der Waals surface area contributed by atoms with Crippen molar-refractivity contribution in [3.8, 4) is 0 Å². The number of halogens is 2. The van der Waals surface area contributed by atoms with Gasteiger partial charge in [-0.25, -0.2) is 8.78 Å². The normalized spacial score (nSPS) is 12.1. The summed E-state index contributed by atoms with van der Waals surface area (Å²) < 4.78 is 31.8. The molecule has 0 heterocycles. The molecule has 1 atom stereocenters. The largest absolute Gasteiger partial charge is 0.459 e. The van der Waals surface area contributed by atoms with Crippen LogP contribution in [0.15, 0.2) is 42.5 Å². The summed E-state index contributed by atoms with van der Waals surface area (Å²) in [6.07, 6.45) is -0.273. The molecule has 2 rings (SSSR count). The number of esters is 1. The minimum atomic E-state index is -0.893. The van der Waals surface area contributed by atoms with Crippen LogP contribution in [0.3, 0.4) is 0 Å². The molecule has 0 radical (unpaired) electrons. The third kappa shape index (κ3) is 7.81. The van der Waals surface area contributed by atoms with Gasteiger partial charge in [0.05, 0.1) is 12.5 Å². The van der Waals surface area contributed by atoms with Gasteiger partial charge in [0.15, 0.2) is 5.78 Å². The standard InChI is InChI=1S/C23H26F2N2O4/c1-14(27-20(28)11-15-9-16(24)12-17(25)10-15)22(30)18-7-5-6-8-19(18)26-13-21(29)31-23(2,3)4/h5-10,12,14,26H,11,13H2,1-4H3,(H,27,28)/t14-/m0/s1. The molecule has 2 N–H and O–H groups in total. The van der Waals surface area contributed by atoms with E-state index in [0.717, 1.165) is 18.2 Å². The predicted octanol–water partition coefficient (Wildman–Crippen LogP) is 3.65. The van der Waals surface area contributed by atoms with Crippen LogP contribution in [0.5, 0.6) is 0 Å². The lowest BCUT2D eigenvalue weighted by Gasteiger charge is -2.20. The molecule has 1 amide bonds. The summed E-state index contributed by atoms with van der Waals surface area (Å²) in [6, 6.07) is 8.53. The van der Waals surface area contributed by atoms with Crippen LogP contribution in [0.1, 0.15) is 43.6 Å². The maximum atomic E-state index is 13.3. The molecule has 0 aliphatic rings. The number of ether oxygens (including phenoxy) is 1. The lowest BCUT2D eigenvalue weighted by atomic mass is 10.0. The number of rotatable bonds is 8. The van der Waals surface area contributed by atoms with Crippen molar-refractivity contribution in [3.63, 3.8) is 0 Å². The highest BCUT2D eigenvalue weighted by atomic mass is 19.1. The fourth-order valence-corrected chi connectivity index (χ4v) is 2.89. The number of ketones is 1. The molecule has 0 spiro atoms. The molecule has 0 bridgehead atoms. The monoisotopic (exact) mass is 432 g/mol. The average Bonchev–Trinajstić information content (AvgIpc) is 2.63. The van der Waals surface area contributed by atoms with Crippen LogP contribution in [-0.4, -0.2) is 35.8 Å².